The minimum Gasteiger partial charge on any atom is -0.466 e. The molecule has 0 aromatic heterocycles. The molecule has 0 atom stereocenters. The van der Waals surface area contributed by atoms with Crippen LogP contribution in [-0.4, -0.2) is 12.6 Å². The van der Waals surface area contributed by atoms with Gasteiger partial charge in [-0.2, -0.15) is 0 Å². The summed E-state index contributed by atoms with van der Waals surface area (Å²) >= 11 is 5.73. The molecule has 0 radical (unpaired) electrons. The van der Waals surface area contributed by atoms with E-state index in [2.05, 4.69) is 38.5 Å². The first kappa shape index (κ1) is 13.0. The van der Waals surface area contributed by atoms with Crippen LogP contribution in [0.5, 0.6) is 0 Å². The molecule has 0 unspecified atom stereocenters. The Labute approximate surface area is 112 Å². The van der Waals surface area contributed by atoms with Gasteiger partial charge in [0.15, 0.2) is 0 Å². The summed E-state index contributed by atoms with van der Waals surface area (Å²) in [6.45, 7) is 2.27. The summed E-state index contributed by atoms with van der Waals surface area (Å²) in [5.74, 6) is -0.131. The van der Waals surface area contributed by atoms with Gasteiger partial charge in [0.2, 0.25) is 0 Å². The van der Waals surface area contributed by atoms with Crippen molar-refractivity contribution >= 4 is 44.5 Å². The first-order chi connectivity index (χ1) is 7.15. The van der Waals surface area contributed by atoms with E-state index in [4.69, 9.17) is 4.74 Å². The number of benzene rings is 1. The third-order valence-electron chi connectivity index (χ3n) is 1.94. The van der Waals surface area contributed by atoms with Gasteiger partial charge in [0, 0.05) is 14.5 Å². The van der Waals surface area contributed by atoms with E-state index in [9.17, 15) is 4.79 Å². The van der Waals surface area contributed by atoms with E-state index in [1.807, 2.05) is 25.1 Å². The Morgan fingerprint density at radius 2 is 2.27 bits per heavy atom. The van der Waals surface area contributed by atoms with Gasteiger partial charge in [-0.1, -0.05) is 12.1 Å². The van der Waals surface area contributed by atoms with Crippen LogP contribution in [0.4, 0.5) is 0 Å². The van der Waals surface area contributed by atoms with Gasteiger partial charge in [-0.25, -0.2) is 0 Å². The smallest absolute Gasteiger partial charge is 0.306 e. The van der Waals surface area contributed by atoms with Crippen LogP contribution in [0, 0.1) is 3.57 Å². The molecule has 0 bridgehead atoms. The normalized spacial score (nSPS) is 10.1. The average Bonchev–Trinajstić information content (AvgIpc) is 2.21. The van der Waals surface area contributed by atoms with Gasteiger partial charge in [0.1, 0.15) is 0 Å². The van der Waals surface area contributed by atoms with Crippen molar-refractivity contribution in [3.63, 3.8) is 0 Å². The SMILES string of the molecule is CCOC(=O)CCc1cccc(Br)c1I. The maximum atomic E-state index is 11.2. The summed E-state index contributed by atoms with van der Waals surface area (Å²) in [5.41, 5.74) is 1.18. The van der Waals surface area contributed by atoms with Gasteiger partial charge in [0.25, 0.3) is 0 Å². The standard InChI is InChI=1S/C11H12BrIO2/c1-2-15-10(14)7-6-8-4-3-5-9(12)11(8)13/h3-5H,2,6-7H2,1H3. The van der Waals surface area contributed by atoms with E-state index in [-0.39, 0.29) is 5.97 Å². The predicted molar refractivity (Wildman–Crippen MR) is 71.8 cm³/mol. The topological polar surface area (TPSA) is 26.3 Å². The van der Waals surface area contributed by atoms with E-state index in [1.165, 1.54) is 9.13 Å². The van der Waals surface area contributed by atoms with Gasteiger partial charge in [-0.3, -0.25) is 4.79 Å². The van der Waals surface area contributed by atoms with E-state index in [0.717, 1.165) is 10.9 Å². The highest BCUT2D eigenvalue weighted by Gasteiger charge is 2.06. The summed E-state index contributed by atoms with van der Waals surface area (Å²) < 4.78 is 7.12. The molecule has 0 aliphatic carbocycles. The summed E-state index contributed by atoms with van der Waals surface area (Å²) in [6, 6.07) is 6.01. The number of hydrogen-bond donors (Lipinski definition) is 0. The van der Waals surface area contributed by atoms with Crippen LogP contribution in [0.1, 0.15) is 18.9 Å². The number of carbonyl (C=O) groups is 1. The Morgan fingerprint density at radius 3 is 2.93 bits per heavy atom. The number of rotatable bonds is 4. The van der Waals surface area contributed by atoms with Crippen molar-refractivity contribution in [2.45, 2.75) is 19.8 Å². The third-order valence-corrected chi connectivity index (χ3v) is 4.61. The highest BCUT2D eigenvalue weighted by molar-refractivity contribution is 14.1. The van der Waals surface area contributed by atoms with Crippen molar-refractivity contribution in [2.24, 2.45) is 0 Å². The fraction of sp³-hybridized carbons (Fsp3) is 0.364. The minimum absolute atomic E-state index is 0.131. The van der Waals surface area contributed by atoms with E-state index in [0.29, 0.717) is 13.0 Å². The molecule has 0 spiro atoms. The molecular formula is C11H12BrIO2. The lowest BCUT2D eigenvalue weighted by molar-refractivity contribution is -0.143. The molecule has 0 N–H and O–H groups in total. The number of esters is 1. The van der Waals surface area contributed by atoms with Crippen molar-refractivity contribution in [1.82, 2.24) is 0 Å². The number of aryl methyl sites for hydroxylation is 1. The van der Waals surface area contributed by atoms with Crippen LogP contribution >= 0.6 is 38.5 Å². The first-order valence-corrected chi connectivity index (χ1v) is 6.60. The highest BCUT2D eigenvalue weighted by Crippen LogP contribution is 2.23. The predicted octanol–water partition coefficient (Wildman–Crippen LogP) is 3.55. The maximum Gasteiger partial charge on any atom is 0.306 e. The summed E-state index contributed by atoms with van der Waals surface area (Å²) in [7, 11) is 0. The largest absolute Gasteiger partial charge is 0.466 e. The molecule has 4 heteroatoms. The zero-order valence-corrected chi connectivity index (χ0v) is 12.2. The fourth-order valence-electron chi connectivity index (χ4n) is 1.21. The van der Waals surface area contributed by atoms with Crippen LogP contribution in [0.2, 0.25) is 0 Å². The van der Waals surface area contributed by atoms with Crippen molar-refractivity contribution in [2.75, 3.05) is 6.61 Å². The molecule has 0 fully saturated rings. The number of hydrogen-bond acceptors (Lipinski definition) is 2. The van der Waals surface area contributed by atoms with Gasteiger partial charge in [0.05, 0.1) is 6.61 Å². The molecule has 0 aliphatic heterocycles. The van der Waals surface area contributed by atoms with Crippen molar-refractivity contribution in [3.05, 3.63) is 31.8 Å². The second-order valence-corrected chi connectivity index (χ2v) is 4.95. The Kier molecular flexibility index (Phi) is 5.60. The van der Waals surface area contributed by atoms with E-state index >= 15 is 0 Å². The molecule has 0 saturated heterocycles. The van der Waals surface area contributed by atoms with Crippen molar-refractivity contribution in [1.29, 1.82) is 0 Å². The van der Waals surface area contributed by atoms with Crippen molar-refractivity contribution in [3.8, 4) is 0 Å². The number of halogens is 2. The zero-order chi connectivity index (χ0) is 11.3. The molecule has 1 aromatic rings. The van der Waals surface area contributed by atoms with Crippen LogP contribution in [0.3, 0.4) is 0 Å². The minimum atomic E-state index is -0.131. The molecule has 0 aliphatic rings. The van der Waals surface area contributed by atoms with E-state index < -0.39 is 0 Å². The molecule has 0 heterocycles. The average molecular weight is 383 g/mol. The van der Waals surface area contributed by atoms with E-state index in [1.54, 1.807) is 0 Å². The maximum absolute atomic E-state index is 11.2. The molecular weight excluding hydrogens is 371 g/mol. The molecule has 1 rings (SSSR count). The molecule has 15 heavy (non-hydrogen) atoms. The lowest BCUT2D eigenvalue weighted by Gasteiger charge is -2.05. The zero-order valence-electron chi connectivity index (χ0n) is 8.43. The Balaban J connectivity index is 2.58. The van der Waals surface area contributed by atoms with Crippen molar-refractivity contribution < 1.29 is 9.53 Å². The summed E-state index contributed by atoms with van der Waals surface area (Å²) in [5, 5.41) is 0. The van der Waals surface area contributed by atoms with Gasteiger partial charge in [-0.05, 0) is 63.5 Å². The van der Waals surface area contributed by atoms with Crippen LogP contribution in [0.15, 0.2) is 22.7 Å². The molecule has 2 nitrogen and oxygen atoms in total. The quantitative estimate of drug-likeness (QED) is 0.588. The van der Waals surface area contributed by atoms with Crippen LogP contribution in [-0.2, 0) is 16.0 Å². The molecule has 0 saturated carbocycles. The molecule has 1 aromatic carbocycles. The fourth-order valence-corrected chi connectivity index (χ4v) is 2.25. The lowest BCUT2D eigenvalue weighted by Crippen LogP contribution is -2.05. The number of carbonyl (C=O) groups excluding carboxylic acids is 1. The first-order valence-electron chi connectivity index (χ1n) is 4.73. The Morgan fingerprint density at radius 1 is 1.53 bits per heavy atom. The number of ether oxygens (including phenoxy) is 1. The van der Waals surface area contributed by atoms with Crippen LogP contribution < -0.4 is 0 Å². The second kappa shape index (κ2) is 6.48. The van der Waals surface area contributed by atoms with Gasteiger partial charge >= 0.3 is 5.97 Å². The Hall–Kier alpha value is -0.100. The van der Waals surface area contributed by atoms with Gasteiger partial charge in [-0.15, -0.1) is 0 Å². The lowest BCUT2D eigenvalue weighted by atomic mass is 10.1. The molecule has 82 valence electrons. The van der Waals surface area contributed by atoms with Crippen LogP contribution in [0.25, 0.3) is 0 Å². The summed E-state index contributed by atoms with van der Waals surface area (Å²) in [6.07, 6.45) is 1.18. The third kappa shape index (κ3) is 4.10. The monoisotopic (exact) mass is 382 g/mol. The summed E-state index contributed by atoms with van der Waals surface area (Å²) in [4.78, 5) is 11.2. The van der Waals surface area contributed by atoms with Gasteiger partial charge < -0.3 is 4.74 Å². The highest BCUT2D eigenvalue weighted by atomic mass is 127. The molecule has 0 amide bonds. The Bertz CT molecular complexity index is 352. The second-order valence-electron chi connectivity index (χ2n) is 3.02.